The van der Waals surface area contributed by atoms with Crippen LogP contribution < -0.4 is 10.6 Å². The van der Waals surface area contributed by atoms with Gasteiger partial charge in [0.15, 0.2) is 0 Å². The van der Waals surface area contributed by atoms with E-state index in [1.807, 2.05) is 0 Å². The Kier molecular flexibility index (Phi) is 3.44. The summed E-state index contributed by atoms with van der Waals surface area (Å²) in [5.74, 6) is -0.529. The van der Waals surface area contributed by atoms with Crippen LogP contribution in [0.25, 0.3) is 0 Å². The van der Waals surface area contributed by atoms with E-state index in [4.69, 9.17) is 5.73 Å². The fraction of sp³-hybridized carbons (Fsp3) is 0.300. The molecule has 6 nitrogen and oxygen atoms in total. The van der Waals surface area contributed by atoms with Crippen molar-refractivity contribution in [3.8, 4) is 0 Å². The van der Waals surface area contributed by atoms with Gasteiger partial charge in [0, 0.05) is 12.6 Å². The zero-order valence-electron chi connectivity index (χ0n) is 9.14. The number of amides is 1. The third-order valence-electron chi connectivity index (χ3n) is 2.20. The van der Waals surface area contributed by atoms with Crippen LogP contribution in [-0.4, -0.2) is 24.4 Å². The van der Waals surface area contributed by atoms with Crippen molar-refractivity contribution in [2.24, 2.45) is 5.73 Å². The lowest BCUT2D eigenvalue weighted by atomic mass is 10.1. The van der Waals surface area contributed by atoms with E-state index >= 15 is 0 Å². The molecule has 0 saturated heterocycles. The summed E-state index contributed by atoms with van der Waals surface area (Å²) in [7, 11) is 1.59. The number of nitro groups is 1. The molecule has 1 aromatic rings. The highest BCUT2D eigenvalue weighted by Gasteiger charge is 2.20. The van der Waals surface area contributed by atoms with Crippen LogP contribution in [0.15, 0.2) is 18.2 Å². The molecule has 1 aromatic carbocycles. The highest BCUT2D eigenvalue weighted by molar-refractivity contribution is 5.81. The van der Waals surface area contributed by atoms with Gasteiger partial charge in [-0.15, -0.1) is 0 Å². The van der Waals surface area contributed by atoms with Crippen molar-refractivity contribution in [2.45, 2.75) is 6.92 Å². The maximum Gasteiger partial charge on any atom is 0.295 e. The second-order valence-corrected chi connectivity index (χ2v) is 3.52. The van der Waals surface area contributed by atoms with Gasteiger partial charge in [0.2, 0.25) is 5.91 Å². The Balaban J connectivity index is 3.17. The van der Waals surface area contributed by atoms with Crippen LogP contribution in [0.1, 0.15) is 5.56 Å². The number of anilines is 1. The third-order valence-corrected chi connectivity index (χ3v) is 2.20. The number of aryl methyl sites for hydroxylation is 1. The normalized spacial score (nSPS) is 9.88. The maximum absolute atomic E-state index is 10.9. The van der Waals surface area contributed by atoms with E-state index in [0.717, 1.165) is 0 Å². The molecule has 16 heavy (non-hydrogen) atoms. The fourth-order valence-corrected chi connectivity index (χ4v) is 1.51. The summed E-state index contributed by atoms with van der Waals surface area (Å²) < 4.78 is 0. The van der Waals surface area contributed by atoms with Crippen molar-refractivity contribution in [1.29, 1.82) is 0 Å². The second kappa shape index (κ2) is 4.61. The average Bonchev–Trinajstić information content (AvgIpc) is 2.15. The molecule has 0 aromatic heterocycles. The third kappa shape index (κ3) is 2.47. The van der Waals surface area contributed by atoms with Gasteiger partial charge in [0.05, 0.1) is 11.5 Å². The number of nitrogens with two attached hydrogens (primary N) is 1. The molecular formula is C10H13N3O3. The standard InChI is InChI=1S/C10H13N3O3/c1-7-4-3-5-8(10(7)13(15)16)12(2)6-9(11)14/h3-5H,6H2,1-2H3,(H2,11,14). The molecule has 86 valence electrons. The number of carbonyl (C=O) groups excluding carboxylic acids is 1. The predicted molar refractivity (Wildman–Crippen MR) is 60.3 cm³/mol. The van der Waals surface area contributed by atoms with Crippen LogP contribution in [0.2, 0.25) is 0 Å². The summed E-state index contributed by atoms with van der Waals surface area (Å²) in [6.07, 6.45) is 0. The predicted octanol–water partition coefficient (Wildman–Crippen LogP) is 0.825. The molecule has 1 amide bonds. The summed E-state index contributed by atoms with van der Waals surface area (Å²) in [5.41, 5.74) is 6.00. The van der Waals surface area contributed by atoms with Crippen molar-refractivity contribution < 1.29 is 9.72 Å². The lowest BCUT2D eigenvalue weighted by Gasteiger charge is -2.17. The van der Waals surface area contributed by atoms with Crippen molar-refractivity contribution in [2.75, 3.05) is 18.5 Å². The first-order valence-corrected chi connectivity index (χ1v) is 4.67. The minimum absolute atomic E-state index is 0.00579. The van der Waals surface area contributed by atoms with Gasteiger partial charge in [-0.2, -0.15) is 0 Å². The van der Waals surface area contributed by atoms with Crippen molar-refractivity contribution in [1.82, 2.24) is 0 Å². The van der Waals surface area contributed by atoms with Gasteiger partial charge in [0.1, 0.15) is 5.69 Å². The highest BCUT2D eigenvalue weighted by Crippen LogP contribution is 2.30. The molecule has 0 atom stereocenters. The molecule has 0 aliphatic rings. The quantitative estimate of drug-likeness (QED) is 0.604. The zero-order valence-corrected chi connectivity index (χ0v) is 9.14. The number of hydrogen-bond donors (Lipinski definition) is 1. The maximum atomic E-state index is 10.9. The van der Waals surface area contributed by atoms with Crippen LogP contribution in [0, 0.1) is 17.0 Å². The van der Waals surface area contributed by atoms with E-state index < -0.39 is 10.8 Å². The Morgan fingerprint density at radius 3 is 2.69 bits per heavy atom. The molecule has 0 aliphatic carbocycles. The van der Waals surface area contributed by atoms with Gasteiger partial charge in [-0.05, 0) is 13.0 Å². The zero-order chi connectivity index (χ0) is 12.3. The molecule has 0 radical (unpaired) electrons. The van der Waals surface area contributed by atoms with Crippen LogP contribution in [0.4, 0.5) is 11.4 Å². The van der Waals surface area contributed by atoms with Crippen LogP contribution in [0.5, 0.6) is 0 Å². The lowest BCUT2D eigenvalue weighted by molar-refractivity contribution is -0.384. The molecule has 6 heteroatoms. The van der Waals surface area contributed by atoms with Crippen molar-refractivity contribution in [3.63, 3.8) is 0 Å². The molecule has 0 aliphatic heterocycles. The summed E-state index contributed by atoms with van der Waals surface area (Å²) in [5, 5.41) is 10.9. The summed E-state index contributed by atoms with van der Waals surface area (Å²) >= 11 is 0. The first-order chi connectivity index (χ1) is 7.43. The molecule has 0 heterocycles. The number of nitro benzene ring substituents is 1. The molecular weight excluding hydrogens is 210 g/mol. The van der Waals surface area contributed by atoms with Gasteiger partial charge < -0.3 is 10.6 Å². The van der Waals surface area contributed by atoms with Gasteiger partial charge >= 0.3 is 0 Å². The summed E-state index contributed by atoms with van der Waals surface area (Å²) in [6.45, 7) is 1.60. The number of carbonyl (C=O) groups is 1. The van der Waals surface area contributed by atoms with Gasteiger partial charge in [-0.25, -0.2) is 0 Å². The molecule has 0 bridgehead atoms. The van der Waals surface area contributed by atoms with Gasteiger partial charge in [-0.3, -0.25) is 14.9 Å². The number of rotatable bonds is 4. The van der Waals surface area contributed by atoms with Crippen LogP contribution >= 0.6 is 0 Å². The van der Waals surface area contributed by atoms with Crippen LogP contribution in [0.3, 0.4) is 0 Å². The number of primary amides is 1. The van der Waals surface area contributed by atoms with Crippen molar-refractivity contribution in [3.05, 3.63) is 33.9 Å². The monoisotopic (exact) mass is 223 g/mol. The fourth-order valence-electron chi connectivity index (χ4n) is 1.51. The average molecular weight is 223 g/mol. The Bertz CT molecular complexity index is 431. The summed E-state index contributed by atoms with van der Waals surface area (Å²) in [6, 6.07) is 4.95. The van der Waals surface area contributed by atoms with E-state index in [1.165, 1.54) is 4.90 Å². The Morgan fingerprint density at radius 2 is 2.19 bits per heavy atom. The van der Waals surface area contributed by atoms with E-state index in [-0.39, 0.29) is 12.2 Å². The molecule has 0 saturated carbocycles. The first-order valence-electron chi connectivity index (χ1n) is 4.67. The number of nitrogens with zero attached hydrogens (tertiary/aromatic N) is 2. The lowest BCUT2D eigenvalue weighted by Crippen LogP contribution is -2.30. The Hall–Kier alpha value is -2.11. The van der Waals surface area contributed by atoms with Crippen LogP contribution in [-0.2, 0) is 4.79 Å². The SMILES string of the molecule is Cc1cccc(N(C)CC(N)=O)c1[N+](=O)[O-]. The van der Waals surface area contributed by atoms with E-state index in [2.05, 4.69) is 0 Å². The number of hydrogen-bond acceptors (Lipinski definition) is 4. The Morgan fingerprint density at radius 1 is 1.56 bits per heavy atom. The molecule has 0 unspecified atom stereocenters. The van der Waals surface area contributed by atoms with E-state index in [9.17, 15) is 14.9 Å². The topological polar surface area (TPSA) is 89.5 Å². The molecule has 0 fully saturated rings. The number of benzene rings is 1. The second-order valence-electron chi connectivity index (χ2n) is 3.52. The van der Waals surface area contributed by atoms with Gasteiger partial charge in [0.25, 0.3) is 5.69 Å². The molecule has 1 rings (SSSR count). The molecule has 0 spiro atoms. The number of para-hydroxylation sites is 1. The van der Waals surface area contributed by atoms with E-state index in [0.29, 0.717) is 11.3 Å². The van der Waals surface area contributed by atoms with Gasteiger partial charge in [-0.1, -0.05) is 12.1 Å². The minimum Gasteiger partial charge on any atom is -0.368 e. The minimum atomic E-state index is -0.529. The van der Waals surface area contributed by atoms with Crippen molar-refractivity contribution >= 4 is 17.3 Å². The smallest absolute Gasteiger partial charge is 0.295 e. The first kappa shape index (κ1) is 12.0. The largest absolute Gasteiger partial charge is 0.368 e. The molecule has 2 N–H and O–H groups in total. The van der Waals surface area contributed by atoms with E-state index in [1.54, 1.807) is 32.2 Å². The number of likely N-dealkylation sites (N-methyl/N-ethyl adjacent to an activating group) is 1. The highest BCUT2D eigenvalue weighted by atomic mass is 16.6. The summed E-state index contributed by atoms with van der Waals surface area (Å²) in [4.78, 5) is 22.7. The Labute approximate surface area is 92.8 Å².